The molecule has 2 rings (SSSR count). The Morgan fingerprint density at radius 1 is 1.04 bits per heavy atom. The van der Waals surface area contributed by atoms with E-state index in [2.05, 4.69) is 10.6 Å². The fourth-order valence-electron chi connectivity index (χ4n) is 2.16. The van der Waals surface area contributed by atoms with E-state index >= 15 is 0 Å². The van der Waals surface area contributed by atoms with Crippen LogP contribution in [0.4, 0.5) is 21.9 Å². The van der Waals surface area contributed by atoms with Crippen LogP contribution in [0, 0.1) is 10.1 Å². The molecule has 2 N–H and O–H groups in total. The van der Waals surface area contributed by atoms with Crippen molar-refractivity contribution in [2.75, 3.05) is 32.0 Å². The predicted molar refractivity (Wildman–Crippen MR) is 96.8 cm³/mol. The molecule has 0 aliphatic heterocycles. The largest absolute Gasteiger partial charge is 0.493 e. The van der Waals surface area contributed by atoms with Gasteiger partial charge in [0.2, 0.25) is 5.75 Å². The van der Waals surface area contributed by atoms with E-state index in [-0.39, 0.29) is 16.4 Å². The summed E-state index contributed by atoms with van der Waals surface area (Å²) in [6.07, 6.45) is 0. The van der Waals surface area contributed by atoms with Gasteiger partial charge < -0.3 is 24.8 Å². The van der Waals surface area contributed by atoms with E-state index in [1.165, 1.54) is 45.6 Å². The second-order valence-electron chi connectivity index (χ2n) is 4.91. The number of benzene rings is 2. The van der Waals surface area contributed by atoms with Crippen LogP contribution >= 0.6 is 11.6 Å². The molecule has 0 heterocycles. The average molecular weight is 382 g/mol. The number of non-ortho nitro benzene ring substituents is 1. The number of hydrogen-bond acceptors (Lipinski definition) is 6. The fourth-order valence-corrected chi connectivity index (χ4v) is 2.33. The second-order valence-corrected chi connectivity index (χ2v) is 5.32. The molecule has 0 aromatic heterocycles. The molecule has 0 unspecified atom stereocenters. The number of nitrogens with one attached hydrogen (secondary N) is 2. The van der Waals surface area contributed by atoms with Crippen LogP contribution in [-0.2, 0) is 0 Å². The number of urea groups is 1. The molecule has 0 radical (unpaired) electrons. The van der Waals surface area contributed by atoms with Gasteiger partial charge in [0.25, 0.3) is 5.69 Å². The van der Waals surface area contributed by atoms with Crippen molar-refractivity contribution in [3.63, 3.8) is 0 Å². The third kappa shape index (κ3) is 4.25. The number of methoxy groups -OCH3 is 3. The van der Waals surface area contributed by atoms with E-state index in [1.807, 2.05) is 0 Å². The Kier molecular flexibility index (Phi) is 6.07. The zero-order valence-electron chi connectivity index (χ0n) is 14.2. The Balaban J connectivity index is 2.23. The highest BCUT2D eigenvalue weighted by Gasteiger charge is 2.16. The topological polar surface area (TPSA) is 112 Å². The van der Waals surface area contributed by atoms with Crippen LogP contribution in [0.3, 0.4) is 0 Å². The third-order valence-electron chi connectivity index (χ3n) is 3.33. The van der Waals surface area contributed by atoms with Crippen LogP contribution in [0.1, 0.15) is 0 Å². The maximum atomic E-state index is 12.2. The Bertz CT molecular complexity index is 818. The summed E-state index contributed by atoms with van der Waals surface area (Å²) >= 11 is 5.96. The third-order valence-corrected chi connectivity index (χ3v) is 3.66. The number of amides is 2. The minimum atomic E-state index is -0.651. The SMILES string of the molecule is COc1cc(NC(=O)Nc2cc([N+](=O)[O-])ccc2Cl)cc(OC)c1OC. The van der Waals surface area contributed by atoms with Crippen LogP contribution in [0.15, 0.2) is 30.3 Å². The highest BCUT2D eigenvalue weighted by Crippen LogP contribution is 2.40. The molecule has 0 aliphatic rings. The summed E-state index contributed by atoms with van der Waals surface area (Å²) in [5, 5.41) is 16.0. The lowest BCUT2D eigenvalue weighted by Gasteiger charge is -2.15. The molecule has 0 fully saturated rings. The van der Waals surface area contributed by atoms with Gasteiger partial charge >= 0.3 is 6.03 Å². The second kappa shape index (κ2) is 8.26. The molecule has 0 aliphatic carbocycles. The fraction of sp³-hybridized carbons (Fsp3) is 0.188. The van der Waals surface area contributed by atoms with Crippen molar-refractivity contribution in [2.24, 2.45) is 0 Å². The van der Waals surface area contributed by atoms with E-state index in [9.17, 15) is 14.9 Å². The molecule has 2 aromatic carbocycles. The van der Waals surface area contributed by atoms with Gasteiger partial charge in [-0.25, -0.2) is 4.79 Å². The van der Waals surface area contributed by atoms with Crippen molar-refractivity contribution in [1.82, 2.24) is 0 Å². The van der Waals surface area contributed by atoms with Gasteiger partial charge in [-0.05, 0) is 6.07 Å². The van der Waals surface area contributed by atoms with Crippen LogP contribution in [0.25, 0.3) is 0 Å². The summed E-state index contributed by atoms with van der Waals surface area (Å²) < 4.78 is 15.6. The van der Waals surface area contributed by atoms with E-state index in [0.717, 1.165) is 6.07 Å². The molecule has 138 valence electrons. The Morgan fingerprint density at radius 3 is 2.15 bits per heavy atom. The van der Waals surface area contributed by atoms with E-state index in [4.69, 9.17) is 25.8 Å². The van der Waals surface area contributed by atoms with E-state index in [1.54, 1.807) is 0 Å². The van der Waals surface area contributed by atoms with E-state index in [0.29, 0.717) is 22.9 Å². The number of carbonyl (C=O) groups is 1. The molecular formula is C16H16ClN3O6. The monoisotopic (exact) mass is 381 g/mol. The van der Waals surface area contributed by atoms with Crippen LogP contribution < -0.4 is 24.8 Å². The zero-order chi connectivity index (χ0) is 19.3. The van der Waals surface area contributed by atoms with Crippen molar-refractivity contribution in [1.29, 1.82) is 0 Å². The molecule has 0 atom stereocenters. The van der Waals surface area contributed by atoms with Gasteiger partial charge in [-0.1, -0.05) is 11.6 Å². The summed E-state index contributed by atoms with van der Waals surface area (Å²) in [5.41, 5.74) is 0.266. The lowest BCUT2D eigenvalue weighted by molar-refractivity contribution is -0.384. The van der Waals surface area contributed by atoms with Gasteiger partial charge in [-0.15, -0.1) is 0 Å². The summed E-state index contributed by atoms with van der Waals surface area (Å²) in [5.74, 6) is 1.09. The molecule has 2 amide bonds. The molecule has 0 saturated heterocycles. The first-order valence-electron chi connectivity index (χ1n) is 7.21. The maximum absolute atomic E-state index is 12.2. The minimum absolute atomic E-state index is 0.103. The summed E-state index contributed by atoms with van der Waals surface area (Å²) in [6, 6.07) is 6.16. The molecule has 0 bridgehead atoms. The lowest BCUT2D eigenvalue weighted by atomic mass is 10.2. The smallest absolute Gasteiger partial charge is 0.323 e. The Labute approximate surface area is 154 Å². The van der Waals surface area contributed by atoms with Gasteiger partial charge in [0, 0.05) is 24.3 Å². The van der Waals surface area contributed by atoms with Crippen LogP contribution in [0.2, 0.25) is 5.02 Å². The van der Waals surface area contributed by atoms with Crippen LogP contribution in [0.5, 0.6) is 17.2 Å². The highest BCUT2D eigenvalue weighted by atomic mass is 35.5. The Morgan fingerprint density at radius 2 is 1.65 bits per heavy atom. The van der Waals surface area contributed by atoms with Gasteiger partial charge in [0.1, 0.15) is 0 Å². The first-order chi connectivity index (χ1) is 12.4. The van der Waals surface area contributed by atoms with Crippen molar-refractivity contribution in [2.45, 2.75) is 0 Å². The first-order valence-corrected chi connectivity index (χ1v) is 7.59. The van der Waals surface area contributed by atoms with Gasteiger partial charge in [0.15, 0.2) is 11.5 Å². The van der Waals surface area contributed by atoms with Gasteiger partial charge in [-0.2, -0.15) is 0 Å². The number of ether oxygens (including phenoxy) is 3. The minimum Gasteiger partial charge on any atom is -0.493 e. The normalized spacial score (nSPS) is 10.0. The number of hydrogen-bond donors (Lipinski definition) is 2. The van der Waals surface area contributed by atoms with Crippen molar-refractivity contribution in [3.8, 4) is 17.2 Å². The summed E-state index contributed by atoms with van der Waals surface area (Å²) in [6.45, 7) is 0. The molecule has 0 spiro atoms. The van der Waals surface area contributed by atoms with Crippen molar-refractivity contribution in [3.05, 3.63) is 45.5 Å². The molecule has 9 nitrogen and oxygen atoms in total. The van der Waals surface area contributed by atoms with Gasteiger partial charge in [0.05, 0.1) is 42.7 Å². The maximum Gasteiger partial charge on any atom is 0.323 e. The number of halogens is 1. The molecule has 26 heavy (non-hydrogen) atoms. The average Bonchev–Trinajstić information content (AvgIpc) is 2.62. The van der Waals surface area contributed by atoms with Crippen molar-refractivity contribution >= 4 is 34.7 Å². The molecular weight excluding hydrogens is 366 g/mol. The standard InChI is InChI=1S/C16H16ClN3O6/c1-24-13-6-9(7-14(25-2)15(13)26-3)18-16(21)19-12-8-10(20(22)23)4-5-11(12)17/h4-8H,1-3H3,(H2,18,19,21). The zero-order valence-corrected chi connectivity index (χ0v) is 14.9. The number of rotatable bonds is 6. The number of carbonyl (C=O) groups excluding carboxylic acids is 1. The molecule has 0 saturated carbocycles. The molecule has 2 aromatic rings. The summed E-state index contributed by atoms with van der Waals surface area (Å²) in [4.78, 5) is 22.5. The number of anilines is 2. The first kappa shape index (κ1) is 19.1. The van der Waals surface area contributed by atoms with Crippen LogP contribution in [-0.4, -0.2) is 32.3 Å². The quantitative estimate of drug-likeness (QED) is 0.579. The Hall–Kier alpha value is -3.20. The predicted octanol–water partition coefficient (Wildman–Crippen LogP) is 3.92. The molecule has 10 heteroatoms. The number of nitro benzene ring substituents is 1. The van der Waals surface area contributed by atoms with Crippen molar-refractivity contribution < 1.29 is 23.9 Å². The lowest BCUT2D eigenvalue weighted by Crippen LogP contribution is -2.19. The van der Waals surface area contributed by atoms with Gasteiger partial charge in [-0.3, -0.25) is 10.1 Å². The summed E-state index contributed by atoms with van der Waals surface area (Å²) in [7, 11) is 4.36. The highest BCUT2D eigenvalue weighted by molar-refractivity contribution is 6.33. The number of nitro groups is 1. The van der Waals surface area contributed by atoms with E-state index < -0.39 is 11.0 Å². The number of nitrogens with zero attached hydrogens (tertiary/aromatic N) is 1.